The second-order valence-electron chi connectivity index (χ2n) is 6.21. The average Bonchev–Trinajstić information content (AvgIpc) is 3.19. The molecule has 2 amide bonds. The summed E-state index contributed by atoms with van der Waals surface area (Å²) in [5.74, 6) is -0.192. The normalized spacial score (nSPS) is 13.5. The van der Waals surface area contributed by atoms with Gasteiger partial charge in [-0.25, -0.2) is 0 Å². The molecule has 0 radical (unpaired) electrons. The van der Waals surface area contributed by atoms with E-state index in [2.05, 4.69) is 5.32 Å². The van der Waals surface area contributed by atoms with Gasteiger partial charge in [-0.3, -0.25) is 14.4 Å². The largest absolute Gasteiger partial charge is 0.496 e. The first-order valence-electron chi connectivity index (χ1n) is 8.45. The Morgan fingerprint density at radius 1 is 1.15 bits per heavy atom. The predicted octanol–water partition coefficient (Wildman–Crippen LogP) is 1.88. The molecule has 7 nitrogen and oxygen atoms in total. The van der Waals surface area contributed by atoms with Crippen LogP contribution in [0, 0.1) is 0 Å². The molecule has 0 saturated carbocycles. The highest BCUT2D eigenvalue weighted by atomic mass is 16.5. The molecular formula is C19H21N3O4. The van der Waals surface area contributed by atoms with Gasteiger partial charge < -0.3 is 19.5 Å². The fourth-order valence-corrected chi connectivity index (χ4v) is 3.04. The van der Waals surface area contributed by atoms with E-state index >= 15 is 0 Å². The van der Waals surface area contributed by atoms with Crippen molar-refractivity contribution < 1.29 is 14.3 Å². The smallest absolute Gasteiger partial charge is 0.274 e. The van der Waals surface area contributed by atoms with Crippen molar-refractivity contribution in [1.29, 1.82) is 0 Å². The van der Waals surface area contributed by atoms with Gasteiger partial charge in [0, 0.05) is 26.3 Å². The predicted molar refractivity (Wildman–Crippen MR) is 97.8 cm³/mol. The van der Waals surface area contributed by atoms with E-state index in [1.165, 1.54) is 23.9 Å². The van der Waals surface area contributed by atoms with Crippen LogP contribution in [0.1, 0.15) is 33.6 Å². The number of benzene rings is 1. The standard InChI is InChI=1S/C19H21N3O4/c1-21-12-13(18(24)22-9-5-6-10-22)11-15(19(21)25)20-17(23)14-7-3-4-8-16(14)26-2/h3-4,7-8,11-12H,5-6,9-10H2,1-2H3,(H,20,23). The van der Waals surface area contributed by atoms with E-state index in [9.17, 15) is 14.4 Å². The summed E-state index contributed by atoms with van der Waals surface area (Å²) in [7, 11) is 3.03. The van der Waals surface area contributed by atoms with Gasteiger partial charge in [0.2, 0.25) is 0 Å². The molecule has 2 heterocycles. The summed E-state index contributed by atoms with van der Waals surface area (Å²) in [5, 5.41) is 2.60. The lowest BCUT2D eigenvalue weighted by Gasteiger charge is -2.16. The van der Waals surface area contributed by atoms with Crippen molar-refractivity contribution in [3.05, 3.63) is 58.0 Å². The first kappa shape index (κ1) is 17.7. The summed E-state index contributed by atoms with van der Waals surface area (Å²) < 4.78 is 6.49. The van der Waals surface area contributed by atoms with Crippen LogP contribution >= 0.6 is 0 Å². The fourth-order valence-electron chi connectivity index (χ4n) is 3.04. The summed E-state index contributed by atoms with van der Waals surface area (Å²) in [4.78, 5) is 39.3. The lowest BCUT2D eigenvalue weighted by Crippen LogP contribution is -2.31. The minimum atomic E-state index is -0.467. The Morgan fingerprint density at radius 3 is 2.54 bits per heavy atom. The Labute approximate surface area is 151 Å². The number of pyridine rings is 1. The van der Waals surface area contributed by atoms with Crippen molar-refractivity contribution in [3.8, 4) is 5.75 Å². The summed E-state index contributed by atoms with van der Waals surface area (Å²) in [6.45, 7) is 1.43. The highest BCUT2D eigenvalue weighted by Gasteiger charge is 2.22. The second kappa shape index (κ2) is 7.43. The first-order chi connectivity index (χ1) is 12.5. The molecule has 136 valence electrons. The van der Waals surface area contributed by atoms with Gasteiger partial charge in [-0.1, -0.05) is 12.1 Å². The number of nitrogens with zero attached hydrogens (tertiary/aromatic N) is 2. The molecule has 1 aliphatic heterocycles. The third kappa shape index (κ3) is 3.46. The lowest BCUT2D eigenvalue weighted by molar-refractivity contribution is 0.0791. The Bertz CT molecular complexity index is 898. The van der Waals surface area contributed by atoms with E-state index in [-0.39, 0.29) is 17.2 Å². The molecule has 0 aliphatic carbocycles. The lowest BCUT2D eigenvalue weighted by atomic mass is 10.1. The van der Waals surface area contributed by atoms with E-state index in [0.717, 1.165) is 12.8 Å². The molecule has 1 N–H and O–H groups in total. The van der Waals surface area contributed by atoms with Crippen molar-refractivity contribution in [2.45, 2.75) is 12.8 Å². The number of rotatable bonds is 4. The zero-order chi connectivity index (χ0) is 18.7. The Kier molecular flexibility index (Phi) is 5.06. The molecule has 7 heteroatoms. The fraction of sp³-hybridized carbons (Fsp3) is 0.316. The Balaban J connectivity index is 1.91. The van der Waals surface area contributed by atoms with Gasteiger partial charge in [0.25, 0.3) is 17.4 Å². The van der Waals surface area contributed by atoms with Gasteiger partial charge in [-0.05, 0) is 31.0 Å². The van der Waals surface area contributed by atoms with Gasteiger partial charge >= 0.3 is 0 Å². The summed E-state index contributed by atoms with van der Waals surface area (Å²) >= 11 is 0. The number of para-hydroxylation sites is 1. The number of aromatic nitrogens is 1. The molecule has 26 heavy (non-hydrogen) atoms. The van der Waals surface area contributed by atoms with Gasteiger partial charge in [0.05, 0.1) is 18.2 Å². The molecule has 1 fully saturated rings. The number of anilines is 1. The highest BCUT2D eigenvalue weighted by Crippen LogP contribution is 2.19. The third-order valence-corrected chi connectivity index (χ3v) is 4.42. The third-order valence-electron chi connectivity index (χ3n) is 4.42. The zero-order valence-electron chi connectivity index (χ0n) is 14.8. The van der Waals surface area contributed by atoms with Crippen molar-refractivity contribution >= 4 is 17.5 Å². The molecule has 1 aromatic heterocycles. The molecular weight excluding hydrogens is 334 g/mol. The number of ether oxygens (including phenoxy) is 1. The molecule has 0 bridgehead atoms. The SMILES string of the molecule is COc1ccccc1C(=O)Nc1cc(C(=O)N2CCCC2)cn(C)c1=O. The molecule has 2 aromatic rings. The number of methoxy groups -OCH3 is 1. The maximum absolute atomic E-state index is 12.6. The van der Waals surface area contributed by atoms with Crippen LogP contribution in [0.4, 0.5) is 5.69 Å². The first-order valence-corrected chi connectivity index (χ1v) is 8.45. The van der Waals surface area contributed by atoms with E-state index in [0.29, 0.717) is 30.0 Å². The molecule has 1 aromatic carbocycles. The number of likely N-dealkylation sites (tertiary alicyclic amines) is 1. The van der Waals surface area contributed by atoms with E-state index in [1.807, 2.05) is 0 Å². The maximum atomic E-state index is 12.6. The maximum Gasteiger partial charge on any atom is 0.274 e. The van der Waals surface area contributed by atoms with E-state index in [1.54, 1.807) is 36.2 Å². The van der Waals surface area contributed by atoms with Crippen LogP contribution in [0.25, 0.3) is 0 Å². The summed E-state index contributed by atoms with van der Waals surface area (Å²) in [5.41, 5.74) is 0.373. The molecule has 3 rings (SSSR count). The van der Waals surface area contributed by atoms with Crippen molar-refractivity contribution in [2.75, 3.05) is 25.5 Å². The van der Waals surface area contributed by atoms with Crippen LogP contribution in [0.2, 0.25) is 0 Å². The zero-order valence-corrected chi connectivity index (χ0v) is 14.8. The van der Waals surface area contributed by atoms with Crippen molar-refractivity contribution in [2.24, 2.45) is 7.05 Å². The van der Waals surface area contributed by atoms with Gasteiger partial charge in [0.15, 0.2) is 0 Å². The summed E-state index contributed by atoms with van der Waals surface area (Å²) in [6, 6.07) is 8.18. The topological polar surface area (TPSA) is 80.6 Å². The second-order valence-corrected chi connectivity index (χ2v) is 6.21. The number of aryl methyl sites for hydroxylation is 1. The van der Waals surface area contributed by atoms with E-state index in [4.69, 9.17) is 4.74 Å². The molecule has 0 spiro atoms. The highest BCUT2D eigenvalue weighted by molar-refractivity contribution is 6.06. The Morgan fingerprint density at radius 2 is 1.85 bits per heavy atom. The minimum absolute atomic E-state index is 0.0634. The van der Waals surface area contributed by atoms with Crippen LogP contribution in [-0.2, 0) is 7.05 Å². The van der Waals surface area contributed by atoms with Crippen LogP contribution in [0.15, 0.2) is 41.3 Å². The monoisotopic (exact) mass is 355 g/mol. The Hall–Kier alpha value is -3.09. The quantitative estimate of drug-likeness (QED) is 0.908. The molecule has 0 atom stereocenters. The minimum Gasteiger partial charge on any atom is -0.496 e. The number of amides is 2. The van der Waals surface area contributed by atoms with Gasteiger partial charge in [-0.15, -0.1) is 0 Å². The number of carbonyl (C=O) groups is 2. The molecule has 1 saturated heterocycles. The van der Waals surface area contributed by atoms with Crippen molar-refractivity contribution in [1.82, 2.24) is 9.47 Å². The van der Waals surface area contributed by atoms with Crippen LogP contribution in [-0.4, -0.2) is 41.5 Å². The van der Waals surface area contributed by atoms with Crippen LogP contribution in [0.5, 0.6) is 5.75 Å². The summed E-state index contributed by atoms with van der Waals surface area (Å²) in [6.07, 6.45) is 3.46. The van der Waals surface area contributed by atoms with Gasteiger partial charge in [-0.2, -0.15) is 0 Å². The van der Waals surface area contributed by atoms with Crippen molar-refractivity contribution in [3.63, 3.8) is 0 Å². The number of carbonyl (C=O) groups excluding carboxylic acids is 2. The number of hydrogen-bond donors (Lipinski definition) is 1. The number of nitrogens with one attached hydrogen (secondary N) is 1. The van der Waals surface area contributed by atoms with Crippen LogP contribution < -0.4 is 15.6 Å². The number of hydrogen-bond acceptors (Lipinski definition) is 4. The van der Waals surface area contributed by atoms with E-state index < -0.39 is 5.91 Å². The van der Waals surface area contributed by atoms with Crippen LogP contribution in [0.3, 0.4) is 0 Å². The molecule has 1 aliphatic rings. The van der Waals surface area contributed by atoms with Gasteiger partial charge in [0.1, 0.15) is 11.4 Å². The molecule has 0 unspecified atom stereocenters. The average molecular weight is 355 g/mol.